The van der Waals surface area contributed by atoms with Crippen molar-refractivity contribution in [3.05, 3.63) is 22.2 Å². The lowest BCUT2D eigenvalue weighted by molar-refractivity contribution is -0.145. The molecule has 0 aliphatic heterocycles. The van der Waals surface area contributed by atoms with E-state index in [4.69, 9.17) is 4.74 Å². The number of ether oxygens (including phenoxy) is 2. The Hall–Kier alpha value is -1.85. The first-order chi connectivity index (χ1) is 7.11. The van der Waals surface area contributed by atoms with Crippen LogP contribution in [0.1, 0.15) is 12.6 Å². The predicted octanol–water partition coefficient (Wildman–Crippen LogP) is 0.0202. The average molecular weight is 212 g/mol. The molecule has 0 aliphatic carbocycles. The summed E-state index contributed by atoms with van der Waals surface area (Å²) in [5, 5.41) is 0. The highest BCUT2D eigenvalue weighted by molar-refractivity contribution is 5.70. The van der Waals surface area contributed by atoms with Gasteiger partial charge >= 0.3 is 11.7 Å². The van der Waals surface area contributed by atoms with Crippen LogP contribution in [-0.4, -0.2) is 29.2 Å². The van der Waals surface area contributed by atoms with E-state index in [1.165, 1.54) is 6.07 Å². The highest BCUT2D eigenvalue weighted by Gasteiger charge is 2.04. The van der Waals surface area contributed by atoms with Crippen LogP contribution in [0.4, 0.5) is 0 Å². The van der Waals surface area contributed by atoms with Gasteiger partial charge in [0.1, 0.15) is 0 Å². The molecule has 1 aromatic rings. The molecule has 6 nitrogen and oxygen atoms in total. The summed E-state index contributed by atoms with van der Waals surface area (Å²) in [6.07, 6.45) is 0. The zero-order valence-corrected chi connectivity index (χ0v) is 8.57. The Morgan fingerprint density at radius 3 is 2.93 bits per heavy atom. The zero-order valence-electron chi connectivity index (χ0n) is 8.57. The highest BCUT2D eigenvalue weighted by atomic mass is 16.6. The molecule has 0 unspecified atom stereocenters. The largest absolute Gasteiger partial charge is 0.465 e. The minimum atomic E-state index is -0.506. The van der Waals surface area contributed by atoms with Crippen LogP contribution in [0.2, 0.25) is 0 Å². The number of nitrogens with one attached hydrogen (secondary N) is 1. The van der Waals surface area contributed by atoms with Crippen molar-refractivity contribution in [2.75, 3.05) is 13.2 Å². The number of rotatable bonds is 4. The average Bonchev–Trinajstić information content (AvgIpc) is 2.14. The summed E-state index contributed by atoms with van der Waals surface area (Å²) in [6, 6.07) is 1.53. The fourth-order valence-electron chi connectivity index (χ4n) is 0.960. The van der Waals surface area contributed by atoms with E-state index < -0.39 is 11.7 Å². The van der Waals surface area contributed by atoms with Crippen molar-refractivity contribution in [3.63, 3.8) is 0 Å². The summed E-state index contributed by atoms with van der Waals surface area (Å²) in [7, 11) is 0. The molecule has 0 amide bonds. The normalized spacial score (nSPS) is 9.73. The lowest BCUT2D eigenvalue weighted by atomic mass is 10.4. The van der Waals surface area contributed by atoms with Crippen LogP contribution in [0.5, 0.6) is 5.88 Å². The van der Waals surface area contributed by atoms with Crippen LogP contribution >= 0.6 is 0 Å². The predicted molar refractivity (Wildman–Crippen MR) is 51.7 cm³/mol. The molecule has 6 heteroatoms. The third-order valence-electron chi connectivity index (χ3n) is 1.50. The number of hydrogen-bond donors (Lipinski definition) is 1. The van der Waals surface area contributed by atoms with Gasteiger partial charge in [0.25, 0.3) is 0 Å². The number of carbonyl (C=O) groups excluding carboxylic acids is 1. The summed E-state index contributed by atoms with van der Waals surface area (Å²) in [6.45, 7) is 3.45. The molecule has 15 heavy (non-hydrogen) atoms. The molecule has 0 saturated heterocycles. The second-order valence-electron chi connectivity index (χ2n) is 2.80. The molecule has 1 aromatic heterocycles. The number of esters is 1. The van der Waals surface area contributed by atoms with Gasteiger partial charge in [-0.05, 0) is 13.8 Å². The maximum Gasteiger partial charge on any atom is 0.348 e. The van der Waals surface area contributed by atoms with Crippen molar-refractivity contribution in [2.24, 2.45) is 0 Å². The Balaban J connectivity index is 2.58. The fourth-order valence-corrected chi connectivity index (χ4v) is 0.960. The van der Waals surface area contributed by atoms with E-state index in [9.17, 15) is 9.59 Å². The van der Waals surface area contributed by atoms with Gasteiger partial charge in [-0.2, -0.15) is 4.98 Å². The smallest absolute Gasteiger partial charge is 0.348 e. The van der Waals surface area contributed by atoms with E-state index >= 15 is 0 Å². The van der Waals surface area contributed by atoms with Crippen molar-refractivity contribution < 1.29 is 14.3 Å². The Morgan fingerprint density at radius 1 is 1.60 bits per heavy atom. The third-order valence-corrected chi connectivity index (χ3v) is 1.50. The monoisotopic (exact) mass is 212 g/mol. The number of aromatic amines is 1. The van der Waals surface area contributed by atoms with E-state index in [0.29, 0.717) is 12.3 Å². The van der Waals surface area contributed by atoms with Gasteiger partial charge in [-0.25, -0.2) is 9.59 Å². The Bertz CT molecular complexity index is 399. The van der Waals surface area contributed by atoms with Crippen LogP contribution in [-0.2, 0) is 9.53 Å². The summed E-state index contributed by atoms with van der Waals surface area (Å²) < 4.78 is 9.62. The molecule has 0 atom stereocenters. The molecule has 0 radical (unpaired) electrons. The van der Waals surface area contributed by atoms with Crippen molar-refractivity contribution in [1.29, 1.82) is 0 Å². The zero-order chi connectivity index (χ0) is 11.3. The topological polar surface area (TPSA) is 81.3 Å². The quantitative estimate of drug-likeness (QED) is 0.711. The second kappa shape index (κ2) is 5.14. The fraction of sp³-hybridized carbons (Fsp3) is 0.444. The highest BCUT2D eigenvalue weighted by Crippen LogP contribution is 2.03. The van der Waals surface area contributed by atoms with Crippen LogP contribution in [0.3, 0.4) is 0 Å². The van der Waals surface area contributed by atoms with Crippen LogP contribution < -0.4 is 10.4 Å². The van der Waals surface area contributed by atoms with E-state index in [1.807, 2.05) is 0 Å². The Morgan fingerprint density at radius 2 is 2.33 bits per heavy atom. The maximum atomic E-state index is 10.9. The molecule has 1 heterocycles. The van der Waals surface area contributed by atoms with E-state index in [1.54, 1.807) is 13.8 Å². The summed E-state index contributed by atoms with van der Waals surface area (Å²) in [4.78, 5) is 27.8. The minimum absolute atomic E-state index is 0.115. The number of carbonyl (C=O) groups is 1. The van der Waals surface area contributed by atoms with E-state index in [-0.39, 0.29) is 12.5 Å². The van der Waals surface area contributed by atoms with Gasteiger partial charge in [0.05, 0.1) is 6.61 Å². The number of H-pyrrole nitrogens is 1. The molecule has 0 aromatic carbocycles. The van der Waals surface area contributed by atoms with Gasteiger partial charge in [0.15, 0.2) is 6.61 Å². The molecule has 0 saturated carbocycles. The van der Waals surface area contributed by atoms with Gasteiger partial charge in [-0.1, -0.05) is 0 Å². The third kappa shape index (κ3) is 3.80. The second-order valence-corrected chi connectivity index (χ2v) is 2.80. The molecule has 0 spiro atoms. The standard InChI is InChI=1S/C9H12N2O4/c1-3-14-8(12)5-15-7-4-6(2)10-9(13)11-7/h4H,3,5H2,1-2H3,(H,10,11,13). The molecule has 0 fully saturated rings. The molecule has 0 bridgehead atoms. The van der Waals surface area contributed by atoms with Crippen LogP contribution in [0.25, 0.3) is 0 Å². The minimum Gasteiger partial charge on any atom is -0.465 e. The molecular weight excluding hydrogens is 200 g/mol. The van der Waals surface area contributed by atoms with Crippen molar-refractivity contribution in [3.8, 4) is 5.88 Å². The molecular formula is C9H12N2O4. The molecule has 1 rings (SSSR count). The summed E-state index contributed by atoms with van der Waals surface area (Å²) in [5.74, 6) is -0.374. The number of nitrogens with zero attached hydrogens (tertiary/aromatic N) is 1. The SMILES string of the molecule is CCOC(=O)COc1cc(C)[nH]c(=O)n1. The first-order valence-corrected chi connectivity index (χ1v) is 4.48. The molecule has 0 aliphatic rings. The Labute approximate surface area is 86.2 Å². The van der Waals surface area contributed by atoms with Gasteiger partial charge in [-0.3, -0.25) is 0 Å². The van der Waals surface area contributed by atoms with E-state index in [2.05, 4.69) is 14.7 Å². The van der Waals surface area contributed by atoms with Gasteiger partial charge in [0, 0.05) is 11.8 Å². The van der Waals surface area contributed by atoms with Crippen molar-refractivity contribution >= 4 is 5.97 Å². The summed E-state index contributed by atoms with van der Waals surface area (Å²) in [5.41, 5.74) is 0.114. The van der Waals surface area contributed by atoms with Gasteiger partial charge in [-0.15, -0.1) is 0 Å². The first-order valence-electron chi connectivity index (χ1n) is 4.48. The van der Waals surface area contributed by atoms with Gasteiger partial charge < -0.3 is 14.5 Å². The number of aromatic nitrogens is 2. The van der Waals surface area contributed by atoms with Crippen LogP contribution in [0.15, 0.2) is 10.9 Å². The number of aryl methyl sites for hydroxylation is 1. The first kappa shape index (κ1) is 11.2. The molecule has 82 valence electrons. The van der Waals surface area contributed by atoms with E-state index in [0.717, 1.165) is 0 Å². The number of hydrogen-bond acceptors (Lipinski definition) is 5. The van der Waals surface area contributed by atoms with Crippen molar-refractivity contribution in [2.45, 2.75) is 13.8 Å². The lowest BCUT2D eigenvalue weighted by Crippen LogP contribution is -2.18. The summed E-state index contributed by atoms with van der Waals surface area (Å²) >= 11 is 0. The maximum absolute atomic E-state index is 10.9. The van der Waals surface area contributed by atoms with Crippen LogP contribution in [0, 0.1) is 6.92 Å². The Kier molecular flexibility index (Phi) is 3.84. The van der Waals surface area contributed by atoms with Crippen molar-refractivity contribution in [1.82, 2.24) is 9.97 Å². The molecule has 1 N–H and O–H groups in total. The lowest BCUT2D eigenvalue weighted by Gasteiger charge is -2.04. The van der Waals surface area contributed by atoms with Gasteiger partial charge in [0.2, 0.25) is 5.88 Å².